The lowest BCUT2D eigenvalue weighted by Gasteiger charge is -2.35. The molecule has 3 nitrogen and oxygen atoms in total. The summed E-state index contributed by atoms with van der Waals surface area (Å²) < 4.78 is 5.39. The number of likely N-dealkylation sites (tertiary alicyclic amines) is 1. The van der Waals surface area contributed by atoms with Crippen LogP contribution in [0, 0.1) is 0 Å². The molecule has 0 aliphatic carbocycles. The van der Waals surface area contributed by atoms with Gasteiger partial charge in [0.15, 0.2) is 0 Å². The van der Waals surface area contributed by atoms with Gasteiger partial charge in [-0.1, -0.05) is 6.58 Å². The summed E-state index contributed by atoms with van der Waals surface area (Å²) in [6, 6.07) is 0. The molecule has 0 N–H and O–H groups in total. The van der Waals surface area contributed by atoms with E-state index in [2.05, 4.69) is 18.5 Å². The molecule has 0 unspecified atom stereocenters. The molecule has 2 fully saturated rings. The molecule has 0 atom stereocenters. The van der Waals surface area contributed by atoms with Crippen LogP contribution in [0.25, 0.3) is 0 Å². The van der Waals surface area contributed by atoms with Gasteiger partial charge in [-0.2, -0.15) is 0 Å². The molecule has 13 heavy (non-hydrogen) atoms. The minimum Gasteiger partial charge on any atom is -0.455 e. The lowest BCUT2D eigenvalue weighted by molar-refractivity contribution is -0.149. The van der Waals surface area contributed by atoms with Crippen LogP contribution in [0.15, 0.2) is 12.2 Å². The maximum Gasteiger partial charge on any atom is 0.334 e. The van der Waals surface area contributed by atoms with E-state index in [0.29, 0.717) is 5.57 Å². The van der Waals surface area contributed by atoms with E-state index >= 15 is 0 Å². The fourth-order valence-electron chi connectivity index (χ4n) is 2.07. The molecule has 2 heterocycles. The number of hydrogen-bond donors (Lipinski definition) is 0. The molecule has 2 saturated heterocycles. The number of carbonyl (C=O) groups is 1. The Balaban J connectivity index is 2.07. The first kappa shape index (κ1) is 8.75. The molecule has 1 spiro atoms. The molecule has 2 rings (SSSR count). The molecule has 2 aliphatic heterocycles. The molecule has 0 amide bonds. The summed E-state index contributed by atoms with van der Waals surface area (Å²) in [7, 11) is 2.10. The Bertz CT molecular complexity index is 234. The number of esters is 1. The highest BCUT2D eigenvalue weighted by atomic mass is 16.6. The van der Waals surface area contributed by atoms with E-state index in [9.17, 15) is 4.79 Å². The van der Waals surface area contributed by atoms with Gasteiger partial charge in [-0.15, -0.1) is 0 Å². The van der Waals surface area contributed by atoms with Crippen molar-refractivity contribution in [1.82, 2.24) is 4.90 Å². The summed E-state index contributed by atoms with van der Waals surface area (Å²) >= 11 is 0. The van der Waals surface area contributed by atoms with Crippen LogP contribution in [0.3, 0.4) is 0 Å². The second-order valence-electron chi connectivity index (χ2n) is 4.16. The second kappa shape index (κ2) is 2.84. The van der Waals surface area contributed by atoms with Gasteiger partial charge in [-0.05, 0) is 7.05 Å². The number of carbonyl (C=O) groups excluding carboxylic acids is 1. The van der Waals surface area contributed by atoms with Crippen molar-refractivity contribution in [3.8, 4) is 0 Å². The van der Waals surface area contributed by atoms with E-state index in [0.717, 1.165) is 32.4 Å². The zero-order chi connectivity index (χ0) is 9.47. The highest BCUT2D eigenvalue weighted by Gasteiger charge is 2.44. The maximum absolute atomic E-state index is 11.2. The molecule has 72 valence electrons. The third-order valence-electron chi connectivity index (χ3n) is 3.03. The number of ether oxygens (including phenoxy) is 1. The predicted molar refractivity (Wildman–Crippen MR) is 49.3 cm³/mol. The van der Waals surface area contributed by atoms with Gasteiger partial charge in [-0.25, -0.2) is 4.79 Å². The summed E-state index contributed by atoms with van der Waals surface area (Å²) in [4.78, 5) is 13.5. The monoisotopic (exact) mass is 181 g/mol. The minimum atomic E-state index is -0.194. The Kier molecular flexibility index (Phi) is 1.91. The zero-order valence-electron chi connectivity index (χ0n) is 8.01. The highest BCUT2D eigenvalue weighted by Crippen LogP contribution is 2.37. The van der Waals surface area contributed by atoms with Crippen molar-refractivity contribution in [2.75, 3.05) is 20.1 Å². The third-order valence-corrected chi connectivity index (χ3v) is 3.03. The van der Waals surface area contributed by atoms with Crippen LogP contribution in [-0.4, -0.2) is 36.6 Å². The van der Waals surface area contributed by atoms with Gasteiger partial charge in [0, 0.05) is 37.9 Å². The van der Waals surface area contributed by atoms with E-state index in [1.54, 1.807) is 0 Å². The SMILES string of the molecule is C=C1CC2(CCN(C)CC2)OC1=O. The molecule has 0 aromatic heterocycles. The standard InChI is InChI=1S/C10H15NO2/c1-8-7-10(13-9(8)12)3-5-11(2)6-4-10/h1,3-7H2,2H3. The molecule has 2 aliphatic rings. The molecule has 0 aromatic carbocycles. The average molecular weight is 181 g/mol. The first-order valence-corrected chi connectivity index (χ1v) is 4.71. The van der Waals surface area contributed by atoms with Gasteiger partial charge in [0.2, 0.25) is 0 Å². The largest absolute Gasteiger partial charge is 0.455 e. The molecule has 0 saturated carbocycles. The van der Waals surface area contributed by atoms with Crippen LogP contribution < -0.4 is 0 Å². The maximum atomic E-state index is 11.2. The van der Waals surface area contributed by atoms with Crippen LogP contribution in [0.2, 0.25) is 0 Å². The zero-order valence-corrected chi connectivity index (χ0v) is 8.01. The summed E-state index contributed by atoms with van der Waals surface area (Å²) in [5.41, 5.74) is 0.449. The Morgan fingerprint density at radius 1 is 1.46 bits per heavy atom. The van der Waals surface area contributed by atoms with Gasteiger partial charge in [0.1, 0.15) is 5.60 Å². The number of piperidine rings is 1. The summed E-state index contributed by atoms with van der Waals surface area (Å²) in [6.07, 6.45) is 2.64. The molecule has 3 heteroatoms. The van der Waals surface area contributed by atoms with Crippen LogP contribution >= 0.6 is 0 Å². The number of hydrogen-bond acceptors (Lipinski definition) is 3. The Labute approximate surface area is 78.4 Å². The summed E-state index contributed by atoms with van der Waals surface area (Å²) in [5.74, 6) is -0.190. The molecular weight excluding hydrogens is 166 g/mol. The van der Waals surface area contributed by atoms with Crippen LogP contribution in [0.1, 0.15) is 19.3 Å². The van der Waals surface area contributed by atoms with E-state index in [-0.39, 0.29) is 11.6 Å². The van der Waals surface area contributed by atoms with Crippen molar-refractivity contribution in [1.29, 1.82) is 0 Å². The first-order valence-electron chi connectivity index (χ1n) is 4.71. The van der Waals surface area contributed by atoms with E-state index in [1.807, 2.05) is 0 Å². The number of nitrogens with zero attached hydrogens (tertiary/aromatic N) is 1. The van der Waals surface area contributed by atoms with E-state index in [4.69, 9.17) is 4.74 Å². The normalized spacial score (nSPS) is 28.1. The Hall–Kier alpha value is -0.830. The lowest BCUT2D eigenvalue weighted by atomic mass is 9.88. The van der Waals surface area contributed by atoms with E-state index < -0.39 is 0 Å². The van der Waals surface area contributed by atoms with Crippen molar-refractivity contribution >= 4 is 5.97 Å². The van der Waals surface area contributed by atoms with Crippen molar-refractivity contribution in [3.05, 3.63) is 12.2 Å². The fraction of sp³-hybridized carbons (Fsp3) is 0.700. The molecule has 0 radical (unpaired) electrons. The van der Waals surface area contributed by atoms with Gasteiger partial charge < -0.3 is 9.64 Å². The molecule has 0 aromatic rings. The topological polar surface area (TPSA) is 29.5 Å². The van der Waals surface area contributed by atoms with Crippen molar-refractivity contribution in [2.45, 2.75) is 24.9 Å². The average Bonchev–Trinajstić information content (AvgIpc) is 2.36. The van der Waals surface area contributed by atoms with Gasteiger partial charge in [0.05, 0.1) is 0 Å². The quantitative estimate of drug-likeness (QED) is 0.411. The number of rotatable bonds is 0. The predicted octanol–water partition coefficient (Wildman–Crippen LogP) is 0.954. The summed E-state index contributed by atoms with van der Waals surface area (Å²) in [6.45, 7) is 5.74. The molecule has 0 bridgehead atoms. The van der Waals surface area contributed by atoms with Gasteiger partial charge in [0.25, 0.3) is 0 Å². The highest BCUT2D eigenvalue weighted by molar-refractivity contribution is 5.90. The smallest absolute Gasteiger partial charge is 0.334 e. The molecular formula is C10H15NO2. The van der Waals surface area contributed by atoms with Crippen molar-refractivity contribution < 1.29 is 9.53 Å². The van der Waals surface area contributed by atoms with Crippen LogP contribution in [0.4, 0.5) is 0 Å². The van der Waals surface area contributed by atoms with Crippen molar-refractivity contribution in [2.24, 2.45) is 0 Å². The first-order chi connectivity index (χ1) is 6.11. The Morgan fingerprint density at radius 2 is 2.08 bits per heavy atom. The van der Waals surface area contributed by atoms with Crippen LogP contribution in [-0.2, 0) is 9.53 Å². The van der Waals surface area contributed by atoms with Crippen molar-refractivity contribution in [3.63, 3.8) is 0 Å². The minimum absolute atomic E-state index is 0.190. The second-order valence-corrected chi connectivity index (χ2v) is 4.16. The van der Waals surface area contributed by atoms with Gasteiger partial charge >= 0.3 is 5.97 Å². The third kappa shape index (κ3) is 1.48. The summed E-state index contributed by atoms with van der Waals surface area (Å²) in [5, 5.41) is 0. The Morgan fingerprint density at radius 3 is 2.54 bits per heavy atom. The van der Waals surface area contributed by atoms with Gasteiger partial charge in [-0.3, -0.25) is 0 Å². The van der Waals surface area contributed by atoms with E-state index in [1.165, 1.54) is 0 Å². The lowest BCUT2D eigenvalue weighted by Crippen LogP contribution is -2.42. The van der Waals surface area contributed by atoms with Crippen LogP contribution in [0.5, 0.6) is 0 Å². The fourth-order valence-corrected chi connectivity index (χ4v) is 2.07.